The Hall–Kier alpha value is -1.49. The molecule has 0 aromatic heterocycles. The van der Waals surface area contributed by atoms with E-state index in [4.69, 9.17) is 5.11 Å². The van der Waals surface area contributed by atoms with Gasteiger partial charge in [0, 0.05) is 26.2 Å². The second kappa shape index (κ2) is 7.86. The number of nitrogens with zero attached hydrogens (tertiary/aromatic N) is 2. The molecule has 1 N–H and O–H groups in total. The van der Waals surface area contributed by atoms with Gasteiger partial charge >= 0.3 is 5.97 Å². The van der Waals surface area contributed by atoms with Crippen LogP contribution >= 0.6 is 0 Å². The smallest absolute Gasteiger partial charge is 0.307 e. The van der Waals surface area contributed by atoms with E-state index in [0.29, 0.717) is 25.9 Å². The lowest BCUT2D eigenvalue weighted by atomic mass is 10.0. The molecular weight excluding hydrogens is 392 g/mol. The lowest BCUT2D eigenvalue weighted by Gasteiger charge is -2.30. The summed E-state index contributed by atoms with van der Waals surface area (Å²) in [6.07, 6.45) is 3.60. The molecule has 1 aromatic carbocycles. The molecule has 150 valence electrons. The van der Waals surface area contributed by atoms with Crippen LogP contribution in [0.25, 0.3) is 0 Å². The Morgan fingerprint density at radius 1 is 0.815 bits per heavy atom. The van der Waals surface area contributed by atoms with E-state index in [1.165, 1.54) is 32.9 Å². The molecule has 0 aliphatic carbocycles. The minimum atomic E-state index is -3.85. The topological polar surface area (TPSA) is 112 Å². The molecule has 1 aromatic rings. The summed E-state index contributed by atoms with van der Waals surface area (Å²) in [6, 6.07) is 5.21. The van der Waals surface area contributed by atoms with Crippen molar-refractivity contribution in [3.05, 3.63) is 24.3 Å². The van der Waals surface area contributed by atoms with Crippen LogP contribution in [-0.4, -0.2) is 62.7 Å². The van der Waals surface area contributed by atoms with Gasteiger partial charge in [0.25, 0.3) is 0 Å². The Labute approximate surface area is 159 Å². The lowest BCUT2D eigenvalue weighted by Crippen LogP contribution is -2.42. The number of aliphatic carboxylic acids is 1. The number of carbonyl (C=O) groups is 1. The van der Waals surface area contributed by atoms with Gasteiger partial charge in [-0.3, -0.25) is 4.79 Å². The van der Waals surface area contributed by atoms with Crippen molar-refractivity contribution < 1.29 is 26.7 Å². The zero-order valence-corrected chi connectivity index (χ0v) is 16.6. The van der Waals surface area contributed by atoms with Crippen LogP contribution in [0.5, 0.6) is 0 Å². The summed E-state index contributed by atoms with van der Waals surface area (Å²) in [5.74, 6) is -1.72. The van der Waals surface area contributed by atoms with Crippen LogP contribution in [0.3, 0.4) is 0 Å². The fourth-order valence-corrected chi connectivity index (χ4v) is 6.59. The Morgan fingerprint density at radius 2 is 1.30 bits per heavy atom. The summed E-state index contributed by atoms with van der Waals surface area (Å²) in [5.41, 5.74) is 0. The van der Waals surface area contributed by atoms with E-state index in [2.05, 4.69) is 0 Å². The molecule has 0 spiro atoms. The van der Waals surface area contributed by atoms with Gasteiger partial charge in [-0.1, -0.05) is 6.42 Å². The van der Waals surface area contributed by atoms with E-state index in [1.807, 2.05) is 0 Å². The van der Waals surface area contributed by atoms with Gasteiger partial charge in [-0.25, -0.2) is 16.8 Å². The van der Waals surface area contributed by atoms with Crippen molar-refractivity contribution in [3.63, 3.8) is 0 Å². The molecule has 2 aliphatic rings. The molecule has 1 unspecified atom stereocenters. The van der Waals surface area contributed by atoms with Gasteiger partial charge in [-0.05, 0) is 49.9 Å². The second-order valence-corrected chi connectivity index (χ2v) is 10.9. The number of carboxylic acid groups (broad SMARTS) is 1. The third-order valence-electron chi connectivity index (χ3n) is 5.15. The summed E-state index contributed by atoms with van der Waals surface area (Å²) in [5, 5.41) is 9.15. The zero-order valence-electron chi connectivity index (χ0n) is 15.0. The molecule has 27 heavy (non-hydrogen) atoms. The van der Waals surface area contributed by atoms with Gasteiger partial charge in [0.2, 0.25) is 20.0 Å². The highest BCUT2D eigenvalue weighted by Gasteiger charge is 2.33. The molecule has 2 fully saturated rings. The van der Waals surface area contributed by atoms with Gasteiger partial charge < -0.3 is 5.11 Å². The maximum Gasteiger partial charge on any atom is 0.307 e. The molecule has 0 amide bonds. The molecular formula is C17H24N2O6S2. The Kier molecular flexibility index (Phi) is 5.90. The van der Waals surface area contributed by atoms with Crippen molar-refractivity contribution in [2.75, 3.05) is 26.2 Å². The first-order valence-corrected chi connectivity index (χ1v) is 11.9. The molecule has 0 radical (unpaired) electrons. The number of rotatable bonds is 5. The van der Waals surface area contributed by atoms with E-state index in [9.17, 15) is 21.6 Å². The fourth-order valence-electron chi connectivity index (χ4n) is 3.55. The highest BCUT2D eigenvalue weighted by atomic mass is 32.2. The van der Waals surface area contributed by atoms with Crippen molar-refractivity contribution in [2.24, 2.45) is 5.92 Å². The van der Waals surface area contributed by atoms with Crippen LogP contribution < -0.4 is 0 Å². The summed E-state index contributed by atoms with van der Waals surface area (Å²) in [4.78, 5) is 11.2. The number of hydrogen-bond donors (Lipinski definition) is 1. The number of hydrogen-bond acceptors (Lipinski definition) is 5. The SMILES string of the molecule is O=C(O)C1CCCN(S(=O)(=O)c2ccc(S(=O)(=O)N3CCCCC3)cc2)C1. The standard InChI is InChI=1S/C17H24N2O6S2/c20-17(21)14-5-4-12-19(13-14)27(24,25)16-8-6-15(7-9-16)26(22,23)18-10-2-1-3-11-18/h6-9,14H,1-5,10-13H2,(H,20,21). The van der Waals surface area contributed by atoms with E-state index in [0.717, 1.165) is 19.3 Å². The van der Waals surface area contributed by atoms with Gasteiger partial charge in [0.15, 0.2) is 0 Å². The van der Waals surface area contributed by atoms with Gasteiger partial charge in [-0.2, -0.15) is 8.61 Å². The van der Waals surface area contributed by atoms with Crippen molar-refractivity contribution in [1.29, 1.82) is 0 Å². The highest BCUT2D eigenvalue weighted by molar-refractivity contribution is 7.89. The van der Waals surface area contributed by atoms with Crippen LogP contribution in [0.1, 0.15) is 32.1 Å². The first-order valence-electron chi connectivity index (χ1n) is 9.06. The zero-order chi connectivity index (χ0) is 19.7. The van der Waals surface area contributed by atoms with Crippen LogP contribution in [0.15, 0.2) is 34.1 Å². The van der Waals surface area contributed by atoms with Gasteiger partial charge in [-0.15, -0.1) is 0 Å². The van der Waals surface area contributed by atoms with Crippen LogP contribution in [0, 0.1) is 5.92 Å². The average Bonchev–Trinajstić information content (AvgIpc) is 2.69. The lowest BCUT2D eigenvalue weighted by molar-refractivity contribution is -0.142. The summed E-state index contributed by atoms with van der Waals surface area (Å²) in [6.45, 7) is 1.16. The summed E-state index contributed by atoms with van der Waals surface area (Å²) < 4.78 is 53.5. The van der Waals surface area contributed by atoms with Gasteiger partial charge in [0.1, 0.15) is 0 Å². The number of piperidine rings is 2. The van der Waals surface area contributed by atoms with Crippen molar-refractivity contribution >= 4 is 26.0 Å². The molecule has 2 heterocycles. The second-order valence-electron chi connectivity index (χ2n) is 6.98. The van der Waals surface area contributed by atoms with Crippen LogP contribution in [0.2, 0.25) is 0 Å². The third-order valence-corrected chi connectivity index (χ3v) is 8.94. The predicted molar refractivity (Wildman–Crippen MR) is 98.2 cm³/mol. The molecule has 0 bridgehead atoms. The minimum absolute atomic E-state index is 0.0221. The van der Waals surface area contributed by atoms with E-state index >= 15 is 0 Å². The molecule has 2 aliphatic heterocycles. The maximum absolute atomic E-state index is 12.8. The number of sulfonamides is 2. The van der Waals surface area contributed by atoms with Crippen molar-refractivity contribution in [2.45, 2.75) is 41.9 Å². The van der Waals surface area contributed by atoms with Crippen LogP contribution in [0.4, 0.5) is 0 Å². The molecule has 8 nitrogen and oxygen atoms in total. The Morgan fingerprint density at radius 3 is 1.81 bits per heavy atom. The predicted octanol–water partition coefficient (Wildman–Crippen LogP) is 1.35. The van der Waals surface area contributed by atoms with Crippen molar-refractivity contribution in [3.8, 4) is 0 Å². The van der Waals surface area contributed by atoms with Gasteiger partial charge in [0.05, 0.1) is 15.7 Å². The molecule has 2 saturated heterocycles. The first-order chi connectivity index (χ1) is 12.7. The Balaban J connectivity index is 1.81. The highest BCUT2D eigenvalue weighted by Crippen LogP contribution is 2.26. The number of carboxylic acids is 1. The maximum atomic E-state index is 12.8. The molecule has 1 atom stereocenters. The van der Waals surface area contributed by atoms with E-state index < -0.39 is 31.9 Å². The number of benzene rings is 1. The molecule has 10 heteroatoms. The molecule has 0 saturated carbocycles. The molecule has 3 rings (SSSR count). The minimum Gasteiger partial charge on any atom is -0.481 e. The average molecular weight is 417 g/mol. The normalized spacial score (nSPS) is 23.2. The quantitative estimate of drug-likeness (QED) is 0.775. The van der Waals surface area contributed by atoms with Crippen molar-refractivity contribution in [1.82, 2.24) is 8.61 Å². The fraction of sp³-hybridized carbons (Fsp3) is 0.588. The first kappa shape index (κ1) is 20.2. The van der Waals surface area contributed by atoms with E-state index in [-0.39, 0.29) is 22.9 Å². The van der Waals surface area contributed by atoms with E-state index in [1.54, 1.807) is 0 Å². The largest absolute Gasteiger partial charge is 0.481 e. The third kappa shape index (κ3) is 4.18. The van der Waals surface area contributed by atoms with Crippen LogP contribution in [-0.2, 0) is 24.8 Å². The summed E-state index contributed by atoms with van der Waals surface area (Å²) in [7, 11) is -7.48. The summed E-state index contributed by atoms with van der Waals surface area (Å²) >= 11 is 0. The monoisotopic (exact) mass is 416 g/mol. The Bertz CT molecular complexity index is 890.